The fourth-order valence-corrected chi connectivity index (χ4v) is 3.07. The Hall–Kier alpha value is -2.14. The van der Waals surface area contributed by atoms with Crippen LogP contribution in [0.1, 0.15) is 22.3 Å². The smallest absolute Gasteiger partial charge is 0.251 e. The molecule has 1 aliphatic rings. The average molecular weight is 373 g/mol. The standard InChI is InChI=1S/C18H17BrN2O2/c1-12-5-7-15(8-6-12)21-10-9-16(18(21)23)20-17(22)13-3-2-4-14(19)11-13/h2-8,11,16H,9-10H2,1H3,(H,20,22). The normalized spacial score (nSPS) is 17.4. The van der Waals surface area contributed by atoms with Crippen LogP contribution in [-0.2, 0) is 4.79 Å². The highest BCUT2D eigenvalue weighted by atomic mass is 79.9. The second-order valence-corrected chi connectivity index (χ2v) is 6.57. The number of hydrogen-bond acceptors (Lipinski definition) is 2. The molecule has 2 aromatic rings. The number of rotatable bonds is 3. The quantitative estimate of drug-likeness (QED) is 0.898. The van der Waals surface area contributed by atoms with E-state index in [-0.39, 0.29) is 11.8 Å². The van der Waals surface area contributed by atoms with E-state index in [1.54, 1.807) is 23.1 Å². The minimum absolute atomic E-state index is 0.0581. The van der Waals surface area contributed by atoms with E-state index < -0.39 is 6.04 Å². The number of nitrogens with zero attached hydrogens (tertiary/aromatic N) is 1. The minimum atomic E-state index is -0.470. The van der Waals surface area contributed by atoms with Gasteiger partial charge in [-0.1, -0.05) is 39.7 Å². The van der Waals surface area contributed by atoms with Gasteiger partial charge in [-0.2, -0.15) is 0 Å². The van der Waals surface area contributed by atoms with Crippen molar-refractivity contribution in [3.05, 3.63) is 64.1 Å². The first-order valence-electron chi connectivity index (χ1n) is 7.49. The highest BCUT2D eigenvalue weighted by molar-refractivity contribution is 9.10. The Morgan fingerprint density at radius 1 is 1.22 bits per heavy atom. The highest BCUT2D eigenvalue weighted by Gasteiger charge is 2.33. The number of hydrogen-bond donors (Lipinski definition) is 1. The molecule has 5 heteroatoms. The van der Waals surface area contributed by atoms with Gasteiger partial charge in [-0.3, -0.25) is 9.59 Å². The SMILES string of the molecule is Cc1ccc(N2CCC(NC(=O)c3cccc(Br)c3)C2=O)cc1. The number of amides is 2. The van der Waals surface area contributed by atoms with Crippen LogP contribution < -0.4 is 10.2 Å². The van der Waals surface area contributed by atoms with Gasteiger partial charge in [0.05, 0.1) is 0 Å². The molecule has 1 N–H and O–H groups in total. The summed E-state index contributed by atoms with van der Waals surface area (Å²) in [6, 6.07) is 14.5. The van der Waals surface area contributed by atoms with E-state index in [9.17, 15) is 9.59 Å². The Bertz CT molecular complexity index is 743. The Balaban J connectivity index is 1.69. The van der Waals surface area contributed by atoms with E-state index in [1.165, 1.54) is 0 Å². The lowest BCUT2D eigenvalue weighted by Gasteiger charge is -2.17. The molecule has 0 aromatic heterocycles. The summed E-state index contributed by atoms with van der Waals surface area (Å²) in [5, 5.41) is 2.83. The predicted octanol–water partition coefficient (Wildman–Crippen LogP) is 3.29. The molecule has 4 nitrogen and oxygen atoms in total. The number of halogens is 1. The largest absolute Gasteiger partial charge is 0.340 e. The van der Waals surface area contributed by atoms with Crippen molar-refractivity contribution in [1.82, 2.24) is 5.32 Å². The molecule has 23 heavy (non-hydrogen) atoms. The molecular formula is C18H17BrN2O2. The Morgan fingerprint density at radius 2 is 1.96 bits per heavy atom. The molecule has 2 amide bonds. The molecule has 1 saturated heterocycles. The summed E-state index contributed by atoms with van der Waals surface area (Å²) in [5.41, 5.74) is 2.57. The number of carbonyl (C=O) groups is 2. The molecule has 1 fully saturated rings. The molecule has 1 atom stereocenters. The summed E-state index contributed by atoms with van der Waals surface area (Å²) >= 11 is 3.35. The van der Waals surface area contributed by atoms with Crippen molar-refractivity contribution in [2.24, 2.45) is 0 Å². The van der Waals surface area contributed by atoms with E-state index in [2.05, 4.69) is 21.2 Å². The van der Waals surface area contributed by atoms with Gasteiger partial charge in [-0.25, -0.2) is 0 Å². The molecule has 1 aliphatic heterocycles. The number of carbonyl (C=O) groups excluding carboxylic acids is 2. The Kier molecular flexibility index (Phi) is 4.48. The van der Waals surface area contributed by atoms with Gasteiger partial charge in [0.25, 0.3) is 5.91 Å². The average Bonchev–Trinajstić information content (AvgIpc) is 2.89. The fraction of sp³-hybridized carbons (Fsp3) is 0.222. The summed E-state index contributed by atoms with van der Waals surface area (Å²) in [7, 11) is 0. The third-order valence-electron chi connectivity index (χ3n) is 3.94. The van der Waals surface area contributed by atoms with Crippen molar-refractivity contribution in [2.75, 3.05) is 11.4 Å². The third-order valence-corrected chi connectivity index (χ3v) is 4.44. The van der Waals surface area contributed by atoms with Crippen molar-refractivity contribution in [3.8, 4) is 0 Å². The topological polar surface area (TPSA) is 49.4 Å². The molecule has 118 valence electrons. The lowest BCUT2D eigenvalue weighted by Crippen LogP contribution is -2.41. The molecule has 1 unspecified atom stereocenters. The maximum atomic E-state index is 12.5. The number of aryl methyl sites for hydroxylation is 1. The van der Waals surface area contributed by atoms with E-state index in [1.807, 2.05) is 37.3 Å². The van der Waals surface area contributed by atoms with E-state index in [0.717, 1.165) is 15.7 Å². The van der Waals surface area contributed by atoms with Crippen molar-refractivity contribution < 1.29 is 9.59 Å². The van der Waals surface area contributed by atoms with Crippen LogP contribution in [0, 0.1) is 6.92 Å². The van der Waals surface area contributed by atoms with Crippen LogP contribution >= 0.6 is 15.9 Å². The first kappa shape index (κ1) is 15.7. The van der Waals surface area contributed by atoms with Gasteiger partial charge in [0.2, 0.25) is 5.91 Å². The van der Waals surface area contributed by atoms with E-state index >= 15 is 0 Å². The summed E-state index contributed by atoms with van der Waals surface area (Å²) in [5.74, 6) is -0.285. The Morgan fingerprint density at radius 3 is 2.65 bits per heavy atom. The van der Waals surface area contributed by atoms with Crippen molar-refractivity contribution in [3.63, 3.8) is 0 Å². The van der Waals surface area contributed by atoms with Gasteiger partial charge in [0.1, 0.15) is 6.04 Å². The molecule has 0 aliphatic carbocycles. The summed E-state index contributed by atoms with van der Waals surface area (Å²) in [6.07, 6.45) is 0.618. The summed E-state index contributed by atoms with van der Waals surface area (Å²) in [4.78, 5) is 26.5. The highest BCUT2D eigenvalue weighted by Crippen LogP contribution is 2.22. The molecule has 0 radical (unpaired) electrons. The van der Waals surface area contributed by atoms with E-state index in [4.69, 9.17) is 0 Å². The molecule has 0 saturated carbocycles. The zero-order chi connectivity index (χ0) is 16.4. The first-order valence-corrected chi connectivity index (χ1v) is 8.28. The van der Waals surface area contributed by atoms with Crippen LogP contribution in [0.2, 0.25) is 0 Å². The minimum Gasteiger partial charge on any atom is -0.340 e. The molecule has 1 heterocycles. The van der Waals surface area contributed by atoms with Gasteiger partial charge in [-0.15, -0.1) is 0 Å². The zero-order valence-electron chi connectivity index (χ0n) is 12.8. The predicted molar refractivity (Wildman–Crippen MR) is 93.5 cm³/mol. The number of nitrogens with one attached hydrogen (secondary N) is 1. The summed E-state index contributed by atoms with van der Waals surface area (Å²) < 4.78 is 0.837. The van der Waals surface area contributed by atoms with Gasteiger partial charge < -0.3 is 10.2 Å². The lowest BCUT2D eigenvalue weighted by molar-refractivity contribution is -0.118. The molecular weight excluding hydrogens is 356 g/mol. The monoisotopic (exact) mass is 372 g/mol. The maximum absolute atomic E-state index is 12.5. The van der Waals surface area contributed by atoms with Crippen LogP contribution in [-0.4, -0.2) is 24.4 Å². The third kappa shape index (κ3) is 3.45. The second kappa shape index (κ2) is 6.54. The Labute approximate surface area is 143 Å². The summed E-state index contributed by atoms with van der Waals surface area (Å²) in [6.45, 7) is 2.63. The van der Waals surface area contributed by atoms with Gasteiger partial charge >= 0.3 is 0 Å². The molecule has 0 spiro atoms. The lowest BCUT2D eigenvalue weighted by atomic mass is 10.2. The molecule has 3 rings (SSSR count). The fourth-order valence-electron chi connectivity index (χ4n) is 2.67. The van der Waals surface area contributed by atoms with Gasteiger partial charge in [0, 0.05) is 22.3 Å². The van der Waals surface area contributed by atoms with Crippen LogP contribution in [0.3, 0.4) is 0 Å². The van der Waals surface area contributed by atoms with Gasteiger partial charge in [0.15, 0.2) is 0 Å². The molecule has 0 bridgehead atoms. The van der Waals surface area contributed by atoms with Crippen molar-refractivity contribution in [2.45, 2.75) is 19.4 Å². The van der Waals surface area contributed by atoms with Crippen LogP contribution in [0.5, 0.6) is 0 Å². The van der Waals surface area contributed by atoms with E-state index in [0.29, 0.717) is 18.5 Å². The van der Waals surface area contributed by atoms with Crippen LogP contribution in [0.4, 0.5) is 5.69 Å². The molecule has 2 aromatic carbocycles. The first-order chi connectivity index (χ1) is 11.0. The van der Waals surface area contributed by atoms with Gasteiger partial charge in [-0.05, 0) is 43.7 Å². The number of benzene rings is 2. The maximum Gasteiger partial charge on any atom is 0.251 e. The van der Waals surface area contributed by atoms with Crippen molar-refractivity contribution in [1.29, 1.82) is 0 Å². The van der Waals surface area contributed by atoms with Crippen LogP contribution in [0.15, 0.2) is 53.0 Å². The second-order valence-electron chi connectivity index (χ2n) is 5.65. The number of anilines is 1. The zero-order valence-corrected chi connectivity index (χ0v) is 14.3. The van der Waals surface area contributed by atoms with Crippen molar-refractivity contribution >= 4 is 33.4 Å². The van der Waals surface area contributed by atoms with Crippen LogP contribution in [0.25, 0.3) is 0 Å².